The Morgan fingerprint density at radius 2 is 2.08 bits per heavy atom. The van der Waals surface area contributed by atoms with E-state index in [0.29, 0.717) is 24.0 Å². The molecule has 1 aromatic carbocycles. The number of ether oxygens (including phenoxy) is 1. The van der Waals surface area contributed by atoms with E-state index in [-0.39, 0.29) is 18.4 Å². The molecule has 1 aliphatic heterocycles. The summed E-state index contributed by atoms with van der Waals surface area (Å²) in [6.45, 7) is 6.39. The molecule has 1 aliphatic rings. The summed E-state index contributed by atoms with van der Waals surface area (Å²) in [5.74, 6) is 0.782. The molecule has 2 amide bonds. The number of hydrogen-bond acceptors (Lipinski definition) is 3. The lowest BCUT2D eigenvalue weighted by molar-refractivity contribution is -0.882. The largest absolute Gasteiger partial charge is 0.497 e. The third kappa shape index (κ3) is 5.73. The van der Waals surface area contributed by atoms with Gasteiger partial charge in [0.2, 0.25) is 0 Å². The first kappa shape index (κ1) is 20.2. The van der Waals surface area contributed by atoms with Crippen LogP contribution in [0.2, 0.25) is 0 Å². The SMILES string of the molecule is CC[C@@H]1CCCCN1C(=O)C[NH+](CC)CC(=O)Nc1cccc(OC)c1. The zero-order valence-electron chi connectivity index (χ0n) is 16.2. The number of likely N-dealkylation sites (N-methyl/N-ethyl adjacent to an activating group) is 1. The molecule has 1 heterocycles. The zero-order chi connectivity index (χ0) is 18.9. The number of hydrogen-bond donors (Lipinski definition) is 2. The van der Waals surface area contributed by atoms with E-state index in [1.54, 1.807) is 13.2 Å². The molecule has 1 fully saturated rings. The highest BCUT2D eigenvalue weighted by molar-refractivity contribution is 5.91. The van der Waals surface area contributed by atoms with Gasteiger partial charge < -0.3 is 19.9 Å². The van der Waals surface area contributed by atoms with Gasteiger partial charge in [-0.2, -0.15) is 0 Å². The fourth-order valence-electron chi connectivity index (χ4n) is 3.51. The summed E-state index contributed by atoms with van der Waals surface area (Å²) >= 11 is 0. The number of amides is 2. The highest BCUT2D eigenvalue weighted by Crippen LogP contribution is 2.19. The predicted octanol–water partition coefficient (Wildman–Crippen LogP) is 1.33. The second-order valence-corrected chi connectivity index (χ2v) is 6.88. The number of nitrogens with zero attached hydrogens (tertiary/aromatic N) is 1. The molecule has 1 saturated heterocycles. The smallest absolute Gasteiger partial charge is 0.279 e. The topological polar surface area (TPSA) is 63.1 Å². The first-order chi connectivity index (χ1) is 12.6. The number of piperidine rings is 1. The Labute approximate surface area is 156 Å². The molecular weight excluding hydrogens is 330 g/mol. The molecule has 26 heavy (non-hydrogen) atoms. The lowest BCUT2D eigenvalue weighted by atomic mass is 10.00. The van der Waals surface area contributed by atoms with Crippen LogP contribution in [0.15, 0.2) is 24.3 Å². The zero-order valence-corrected chi connectivity index (χ0v) is 16.2. The van der Waals surface area contributed by atoms with Crippen molar-refractivity contribution in [1.29, 1.82) is 0 Å². The summed E-state index contributed by atoms with van der Waals surface area (Å²) in [6.07, 6.45) is 4.39. The monoisotopic (exact) mass is 362 g/mol. The number of methoxy groups -OCH3 is 1. The molecule has 6 heteroatoms. The summed E-state index contributed by atoms with van der Waals surface area (Å²) in [6, 6.07) is 7.65. The van der Waals surface area contributed by atoms with Crippen molar-refractivity contribution in [3.05, 3.63) is 24.3 Å². The van der Waals surface area contributed by atoms with Crippen molar-refractivity contribution in [2.45, 2.75) is 45.6 Å². The molecule has 2 rings (SSSR count). The van der Waals surface area contributed by atoms with Crippen molar-refractivity contribution in [3.8, 4) is 5.75 Å². The molecule has 6 nitrogen and oxygen atoms in total. The number of nitrogens with one attached hydrogen (secondary N) is 2. The minimum absolute atomic E-state index is 0.0893. The highest BCUT2D eigenvalue weighted by Gasteiger charge is 2.28. The number of carbonyl (C=O) groups is 2. The van der Waals surface area contributed by atoms with Crippen LogP contribution in [0.4, 0.5) is 5.69 Å². The first-order valence-electron chi connectivity index (χ1n) is 9.64. The van der Waals surface area contributed by atoms with Crippen LogP contribution >= 0.6 is 0 Å². The fourth-order valence-corrected chi connectivity index (χ4v) is 3.51. The molecule has 1 unspecified atom stereocenters. The molecule has 0 spiro atoms. The number of rotatable bonds is 8. The summed E-state index contributed by atoms with van der Waals surface area (Å²) in [5, 5.41) is 2.89. The maximum absolute atomic E-state index is 12.7. The van der Waals surface area contributed by atoms with E-state index in [1.165, 1.54) is 6.42 Å². The van der Waals surface area contributed by atoms with Gasteiger partial charge in [0.1, 0.15) is 5.75 Å². The van der Waals surface area contributed by atoms with E-state index in [4.69, 9.17) is 4.74 Å². The van der Waals surface area contributed by atoms with Gasteiger partial charge in [0.15, 0.2) is 13.1 Å². The van der Waals surface area contributed by atoms with Gasteiger partial charge >= 0.3 is 0 Å². The summed E-state index contributed by atoms with van der Waals surface area (Å²) in [4.78, 5) is 28.1. The van der Waals surface area contributed by atoms with Gasteiger partial charge in [0.05, 0.1) is 13.7 Å². The van der Waals surface area contributed by atoms with Crippen LogP contribution in [-0.4, -0.2) is 56.0 Å². The van der Waals surface area contributed by atoms with Crippen LogP contribution in [0.1, 0.15) is 39.5 Å². The van der Waals surface area contributed by atoms with Crippen molar-refractivity contribution in [1.82, 2.24) is 4.90 Å². The van der Waals surface area contributed by atoms with Crippen molar-refractivity contribution >= 4 is 17.5 Å². The third-order valence-electron chi connectivity index (χ3n) is 5.08. The van der Waals surface area contributed by atoms with Gasteiger partial charge in [0.25, 0.3) is 11.8 Å². The molecule has 0 bridgehead atoms. The molecule has 0 radical (unpaired) electrons. The van der Waals surface area contributed by atoms with E-state index in [0.717, 1.165) is 37.3 Å². The Morgan fingerprint density at radius 1 is 1.27 bits per heavy atom. The minimum atomic E-state index is -0.0893. The second-order valence-electron chi connectivity index (χ2n) is 6.88. The van der Waals surface area contributed by atoms with Crippen molar-refractivity contribution in [2.24, 2.45) is 0 Å². The summed E-state index contributed by atoms with van der Waals surface area (Å²) in [7, 11) is 1.60. The van der Waals surface area contributed by atoms with Crippen LogP contribution in [0.5, 0.6) is 5.75 Å². The molecule has 1 aromatic rings. The molecule has 0 aromatic heterocycles. The van der Waals surface area contributed by atoms with Crippen molar-refractivity contribution < 1.29 is 19.2 Å². The minimum Gasteiger partial charge on any atom is -0.497 e. The third-order valence-corrected chi connectivity index (χ3v) is 5.08. The van der Waals surface area contributed by atoms with Gasteiger partial charge in [-0.05, 0) is 44.7 Å². The lowest BCUT2D eigenvalue weighted by Crippen LogP contribution is -3.14. The van der Waals surface area contributed by atoms with E-state index in [9.17, 15) is 9.59 Å². The standard InChI is InChI=1S/C20H31N3O3/c1-4-17-10-6-7-12-23(17)20(25)15-22(5-2)14-19(24)21-16-9-8-11-18(13-16)26-3/h8-9,11,13,17H,4-7,10,12,14-15H2,1-3H3,(H,21,24)/p+1/t17-/m1/s1. The maximum atomic E-state index is 12.7. The van der Waals surface area contributed by atoms with E-state index >= 15 is 0 Å². The van der Waals surface area contributed by atoms with E-state index < -0.39 is 0 Å². The highest BCUT2D eigenvalue weighted by atomic mass is 16.5. The molecule has 2 N–H and O–H groups in total. The molecule has 2 atom stereocenters. The Balaban J connectivity index is 1.89. The van der Waals surface area contributed by atoms with Crippen molar-refractivity contribution in [2.75, 3.05) is 38.6 Å². The van der Waals surface area contributed by atoms with Gasteiger partial charge in [-0.3, -0.25) is 9.59 Å². The second kappa shape index (κ2) is 10.2. The lowest BCUT2D eigenvalue weighted by Gasteiger charge is -2.35. The van der Waals surface area contributed by atoms with E-state index in [2.05, 4.69) is 12.2 Å². The maximum Gasteiger partial charge on any atom is 0.279 e. The van der Waals surface area contributed by atoms with Crippen LogP contribution in [0.25, 0.3) is 0 Å². The summed E-state index contributed by atoms with van der Waals surface area (Å²) < 4.78 is 5.17. The quantitative estimate of drug-likeness (QED) is 0.733. The molecule has 0 saturated carbocycles. The normalized spacial score (nSPS) is 18.3. The van der Waals surface area contributed by atoms with E-state index in [1.807, 2.05) is 30.0 Å². The van der Waals surface area contributed by atoms with Crippen LogP contribution < -0.4 is 15.0 Å². The number of benzene rings is 1. The average Bonchev–Trinajstić information content (AvgIpc) is 2.67. The van der Waals surface area contributed by atoms with Crippen LogP contribution in [0, 0.1) is 0 Å². The number of likely N-dealkylation sites (tertiary alicyclic amines) is 1. The first-order valence-corrected chi connectivity index (χ1v) is 9.64. The Kier molecular flexibility index (Phi) is 7.91. The van der Waals surface area contributed by atoms with Crippen LogP contribution in [-0.2, 0) is 9.59 Å². The van der Waals surface area contributed by atoms with Gasteiger partial charge in [-0.1, -0.05) is 13.0 Å². The number of carbonyl (C=O) groups excluding carboxylic acids is 2. The number of quaternary nitrogens is 1. The molecule has 144 valence electrons. The predicted molar refractivity (Wildman–Crippen MR) is 103 cm³/mol. The Bertz CT molecular complexity index is 606. The van der Waals surface area contributed by atoms with Gasteiger partial charge in [-0.15, -0.1) is 0 Å². The Morgan fingerprint density at radius 3 is 2.77 bits per heavy atom. The van der Waals surface area contributed by atoms with Crippen LogP contribution in [0.3, 0.4) is 0 Å². The average molecular weight is 362 g/mol. The molecular formula is C20H32N3O3+. The fraction of sp³-hybridized carbons (Fsp3) is 0.600. The number of anilines is 1. The Hall–Kier alpha value is -2.08. The molecule has 0 aliphatic carbocycles. The van der Waals surface area contributed by atoms with Gasteiger partial charge in [0, 0.05) is 24.3 Å². The summed E-state index contributed by atoms with van der Waals surface area (Å²) in [5.41, 5.74) is 0.707. The van der Waals surface area contributed by atoms with Crippen molar-refractivity contribution in [3.63, 3.8) is 0 Å². The van der Waals surface area contributed by atoms with Gasteiger partial charge in [-0.25, -0.2) is 0 Å².